The maximum absolute atomic E-state index is 13.0. The average Bonchev–Trinajstić information content (AvgIpc) is 3.05. The summed E-state index contributed by atoms with van der Waals surface area (Å²) in [5, 5.41) is 12.0. The number of carbonyl (C=O) groups is 3. The van der Waals surface area contributed by atoms with E-state index < -0.39 is 23.7 Å². The molecule has 2 amide bonds. The number of rotatable bonds is 5. The molecule has 3 rings (SSSR count). The van der Waals surface area contributed by atoms with Gasteiger partial charge in [0.05, 0.1) is 10.8 Å². The third-order valence-corrected chi connectivity index (χ3v) is 6.30. The van der Waals surface area contributed by atoms with Crippen LogP contribution in [0, 0.1) is 5.82 Å². The average molecular weight is 366 g/mol. The van der Waals surface area contributed by atoms with Crippen molar-refractivity contribution >= 4 is 29.5 Å². The Morgan fingerprint density at radius 1 is 1.44 bits per heavy atom. The van der Waals surface area contributed by atoms with E-state index in [-0.39, 0.29) is 23.2 Å². The molecule has 6 nitrogen and oxygen atoms in total. The Bertz CT molecular complexity index is 711. The zero-order valence-electron chi connectivity index (χ0n) is 13.7. The molecule has 0 bridgehead atoms. The lowest BCUT2D eigenvalue weighted by molar-refractivity contribution is -0.140. The first-order valence-corrected chi connectivity index (χ1v) is 9.02. The summed E-state index contributed by atoms with van der Waals surface area (Å²) in [6, 6.07) is 4.59. The number of carboxylic acids is 1. The van der Waals surface area contributed by atoms with Gasteiger partial charge in [-0.3, -0.25) is 14.4 Å². The smallest absolute Gasteiger partial charge is 0.312 e. The summed E-state index contributed by atoms with van der Waals surface area (Å²) in [6.45, 7) is 1.84. The third-order valence-electron chi connectivity index (χ3n) is 4.80. The molecule has 8 heteroatoms. The van der Waals surface area contributed by atoms with Gasteiger partial charge in [-0.2, -0.15) is 0 Å². The van der Waals surface area contributed by atoms with Crippen LogP contribution in [0.25, 0.3) is 0 Å². The molecule has 0 aromatic heterocycles. The predicted molar refractivity (Wildman–Crippen MR) is 90.5 cm³/mol. The van der Waals surface area contributed by atoms with E-state index in [2.05, 4.69) is 5.32 Å². The molecule has 1 aromatic carbocycles. The second kappa shape index (κ2) is 6.67. The first-order chi connectivity index (χ1) is 11.8. The number of thioether (sulfide) groups is 1. The fourth-order valence-electron chi connectivity index (χ4n) is 3.38. The molecule has 0 spiro atoms. The number of fused-ring (bicyclic) bond motifs is 1. The summed E-state index contributed by atoms with van der Waals surface area (Å²) in [5.41, 5.74) is 0.414. The summed E-state index contributed by atoms with van der Waals surface area (Å²) in [4.78, 5) is 37.4. The lowest BCUT2D eigenvalue weighted by Crippen LogP contribution is -2.50. The van der Waals surface area contributed by atoms with Crippen LogP contribution in [-0.2, 0) is 14.4 Å². The van der Waals surface area contributed by atoms with Crippen LogP contribution in [-0.4, -0.2) is 51.0 Å². The molecule has 3 atom stereocenters. The Morgan fingerprint density at radius 2 is 2.12 bits per heavy atom. The molecule has 2 fully saturated rings. The van der Waals surface area contributed by atoms with Gasteiger partial charge in [0, 0.05) is 18.7 Å². The standard InChI is InChI=1S/C17H19FN2O4S/c1-17-7-6-14(21)20(17)13(9-25-17)15(22)19-8-12(16(23)24)10-2-4-11(18)5-3-10/h2-5,12-13H,6-9H2,1H3,(H,19,22)(H,23,24). The van der Waals surface area contributed by atoms with Gasteiger partial charge in [0.15, 0.2) is 0 Å². The van der Waals surface area contributed by atoms with Gasteiger partial charge >= 0.3 is 5.97 Å². The van der Waals surface area contributed by atoms with Crippen LogP contribution in [0.1, 0.15) is 31.2 Å². The van der Waals surface area contributed by atoms with Crippen molar-refractivity contribution in [3.05, 3.63) is 35.6 Å². The highest BCUT2D eigenvalue weighted by Gasteiger charge is 2.52. The predicted octanol–water partition coefficient (Wildman–Crippen LogP) is 1.56. The second-order valence-corrected chi connectivity index (χ2v) is 7.95. The van der Waals surface area contributed by atoms with Crippen molar-refractivity contribution in [2.75, 3.05) is 12.3 Å². The van der Waals surface area contributed by atoms with E-state index in [4.69, 9.17) is 0 Å². The van der Waals surface area contributed by atoms with Gasteiger partial charge in [0.1, 0.15) is 11.9 Å². The van der Waals surface area contributed by atoms with E-state index in [0.29, 0.717) is 24.2 Å². The van der Waals surface area contributed by atoms with E-state index in [1.807, 2.05) is 6.92 Å². The third kappa shape index (κ3) is 3.35. The molecule has 3 unspecified atom stereocenters. The number of carbonyl (C=O) groups excluding carboxylic acids is 2. The molecule has 134 valence electrons. The Kier molecular flexibility index (Phi) is 4.73. The molecular formula is C17H19FN2O4S. The van der Waals surface area contributed by atoms with Gasteiger partial charge in [0.2, 0.25) is 11.8 Å². The van der Waals surface area contributed by atoms with E-state index in [9.17, 15) is 23.9 Å². The van der Waals surface area contributed by atoms with E-state index in [1.54, 1.807) is 16.7 Å². The number of hydrogen-bond donors (Lipinski definition) is 2. The lowest BCUT2D eigenvalue weighted by Gasteiger charge is -2.30. The first-order valence-electron chi connectivity index (χ1n) is 8.04. The van der Waals surface area contributed by atoms with Crippen molar-refractivity contribution < 1.29 is 23.9 Å². The molecule has 2 N–H and O–H groups in total. The minimum Gasteiger partial charge on any atom is -0.481 e. The number of amides is 2. The summed E-state index contributed by atoms with van der Waals surface area (Å²) in [5.74, 6) is -2.41. The number of carboxylic acid groups (broad SMARTS) is 1. The van der Waals surface area contributed by atoms with Crippen LogP contribution < -0.4 is 5.32 Å². The summed E-state index contributed by atoms with van der Waals surface area (Å²) in [7, 11) is 0. The molecule has 0 aliphatic carbocycles. The fraction of sp³-hybridized carbons (Fsp3) is 0.471. The molecule has 2 aliphatic rings. The molecule has 1 aromatic rings. The zero-order chi connectivity index (χ0) is 18.2. The van der Waals surface area contributed by atoms with Gasteiger partial charge in [-0.25, -0.2) is 4.39 Å². The normalized spacial score (nSPS) is 26.4. The van der Waals surface area contributed by atoms with Gasteiger partial charge < -0.3 is 15.3 Å². The van der Waals surface area contributed by atoms with Crippen LogP contribution >= 0.6 is 11.8 Å². The minimum absolute atomic E-state index is 0.0408. The van der Waals surface area contributed by atoms with Crippen LogP contribution in [0.5, 0.6) is 0 Å². The quantitative estimate of drug-likeness (QED) is 0.826. The summed E-state index contributed by atoms with van der Waals surface area (Å²) >= 11 is 1.58. The number of halogens is 1. The van der Waals surface area contributed by atoms with Crippen LogP contribution in [0.4, 0.5) is 4.39 Å². The lowest BCUT2D eigenvalue weighted by atomic mass is 9.99. The van der Waals surface area contributed by atoms with E-state index in [0.717, 1.165) is 0 Å². The first kappa shape index (κ1) is 17.7. The van der Waals surface area contributed by atoms with Crippen LogP contribution in [0.2, 0.25) is 0 Å². The van der Waals surface area contributed by atoms with Crippen molar-refractivity contribution in [2.45, 2.75) is 36.6 Å². The highest BCUT2D eigenvalue weighted by molar-refractivity contribution is 8.01. The highest BCUT2D eigenvalue weighted by Crippen LogP contribution is 2.47. The minimum atomic E-state index is -1.10. The summed E-state index contributed by atoms with van der Waals surface area (Å²) < 4.78 is 13.0. The fourth-order valence-corrected chi connectivity index (χ4v) is 4.81. The Balaban J connectivity index is 1.67. The monoisotopic (exact) mass is 366 g/mol. The topological polar surface area (TPSA) is 86.7 Å². The van der Waals surface area contributed by atoms with Crippen molar-refractivity contribution in [1.29, 1.82) is 0 Å². The number of hydrogen-bond acceptors (Lipinski definition) is 4. The molecule has 2 saturated heterocycles. The van der Waals surface area contributed by atoms with Crippen molar-refractivity contribution in [3.8, 4) is 0 Å². The maximum atomic E-state index is 13.0. The molecule has 0 saturated carbocycles. The van der Waals surface area contributed by atoms with Crippen molar-refractivity contribution in [3.63, 3.8) is 0 Å². The Labute approximate surface area is 148 Å². The van der Waals surface area contributed by atoms with Crippen molar-refractivity contribution in [2.24, 2.45) is 0 Å². The van der Waals surface area contributed by atoms with Gasteiger partial charge in [-0.1, -0.05) is 12.1 Å². The largest absolute Gasteiger partial charge is 0.481 e. The SMILES string of the molecule is CC12CCC(=O)N1C(C(=O)NCC(C(=O)O)c1ccc(F)cc1)CS2. The molecule has 0 radical (unpaired) electrons. The Morgan fingerprint density at radius 3 is 2.76 bits per heavy atom. The van der Waals surface area contributed by atoms with E-state index >= 15 is 0 Å². The number of aliphatic carboxylic acids is 1. The van der Waals surface area contributed by atoms with E-state index in [1.165, 1.54) is 24.3 Å². The molecule has 2 aliphatic heterocycles. The number of nitrogens with zero attached hydrogens (tertiary/aromatic N) is 1. The maximum Gasteiger partial charge on any atom is 0.312 e. The molecule has 25 heavy (non-hydrogen) atoms. The molecular weight excluding hydrogens is 347 g/mol. The summed E-state index contributed by atoms with van der Waals surface area (Å²) in [6.07, 6.45) is 1.15. The van der Waals surface area contributed by atoms with Gasteiger partial charge in [-0.15, -0.1) is 11.8 Å². The number of benzene rings is 1. The van der Waals surface area contributed by atoms with Crippen molar-refractivity contribution in [1.82, 2.24) is 10.2 Å². The zero-order valence-corrected chi connectivity index (χ0v) is 14.5. The highest BCUT2D eigenvalue weighted by atomic mass is 32.2. The molecule has 2 heterocycles. The van der Waals surface area contributed by atoms with Crippen LogP contribution in [0.15, 0.2) is 24.3 Å². The second-order valence-electron chi connectivity index (χ2n) is 6.45. The number of nitrogens with one attached hydrogen (secondary N) is 1. The Hall–Kier alpha value is -2.09. The van der Waals surface area contributed by atoms with Gasteiger partial charge in [0.25, 0.3) is 0 Å². The van der Waals surface area contributed by atoms with Gasteiger partial charge in [-0.05, 0) is 31.0 Å². The van der Waals surface area contributed by atoms with Crippen LogP contribution in [0.3, 0.4) is 0 Å².